The Morgan fingerprint density at radius 2 is 1.96 bits per heavy atom. The van der Waals surface area contributed by atoms with Crippen LogP contribution in [0.1, 0.15) is 25.8 Å². The summed E-state index contributed by atoms with van der Waals surface area (Å²) in [7, 11) is 1.77. The van der Waals surface area contributed by atoms with Crippen LogP contribution in [0.5, 0.6) is 0 Å². The molecule has 1 unspecified atom stereocenters. The quantitative estimate of drug-likeness (QED) is 0.549. The predicted octanol–water partition coefficient (Wildman–Crippen LogP) is 2.28. The number of benzene rings is 1. The highest BCUT2D eigenvalue weighted by atomic mass is 19.1. The molecule has 1 fully saturated rings. The second-order valence-corrected chi connectivity index (χ2v) is 7.15. The zero-order chi connectivity index (χ0) is 18.8. The SMILES string of the molecule is CN=C(NCCc1ccccc1F)NCC(CC(C)C)N1CCOCC1. The van der Waals surface area contributed by atoms with Gasteiger partial charge in [-0.15, -0.1) is 0 Å². The Morgan fingerprint density at radius 1 is 1.23 bits per heavy atom. The summed E-state index contributed by atoms with van der Waals surface area (Å²) in [5, 5.41) is 6.72. The van der Waals surface area contributed by atoms with Gasteiger partial charge in [0.2, 0.25) is 0 Å². The number of halogens is 1. The monoisotopic (exact) mass is 364 g/mol. The molecule has 0 saturated carbocycles. The highest BCUT2D eigenvalue weighted by Gasteiger charge is 2.22. The molecular formula is C20H33FN4O. The molecule has 1 atom stereocenters. The number of nitrogens with zero attached hydrogens (tertiary/aromatic N) is 2. The van der Waals surface area contributed by atoms with Crippen LogP contribution in [0, 0.1) is 11.7 Å². The zero-order valence-corrected chi connectivity index (χ0v) is 16.3. The summed E-state index contributed by atoms with van der Waals surface area (Å²) in [4.78, 5) is 6.80. The fraction of sp³-hybridized carbons (Fsp3) is 0.650. The van der Waals surface area contributed by atoms with Crippen LogP contribution >= 0.6 is 0 Å². The zero-order valence-electron chi connectivity index (χ0n) is 16.3. The highest BCUT2D eigenvalue weighted by molar-refractivity contribution is 5.79. The van der Waals surface area contributed by atoms with Crippen molar-refractivity contribution >= 4 is 5.96 Å². The predicted molar refractivity (Wildman–Crippen MR) is 105 cm³/mol. The minimum atomic E-state index is -0.151. The minimum absolute atomic E-state index is 0.151. The standard InChI is InChI=1S/C20H33FN4O/c1-16(2)14-18(25-10-12-26-13-11-25)15-24-20(22-3)23-9-8-17-6-4-5-7-19(17)21/h4-7,16,18H,8-15H2,1-3H3,(H2,22,23,24). The van der Waals surface area contributed by atoms with Crippen molar-refractivity contribution in [3.8, 4) is 0 Å². The van der Waals surface area contributed by atoms with Crippen molar-refractivity contribution in [1.82, 2.24) is 15.5 Å². The Hall–Kier alpha value is -1.66. The molecule has 1 aromatic rings. The van der Waals surface area contributed by atoms with Crippen LogP contribution in [0.2, 0.25) is 0 Å². The van der Waals surface area contributed by atoms with Gasteiger partial charge in [-0.3, -0.25) is 9.89 Å². The molecular weight excluding hydrogens is 331 g/mol. The topological polar surface area (TPSA) is 48.9 Å². The summed E-state index contributed by atoms with van der Waals surface area (Å²) in [5.41, 5.74) is 0.724. The Labute approximate surface area is 157 Å². The molecule has 1 heterocycles. The van der Waals surface area contributed by atoms with Crippen molar-refractivity contribution in [2.75, 3.05) is 46.4 Å². The van der Waals surface area contributed by atoms with Crippen molar-refractivity contribution in [2.24, 2.45) is 10.9 Å². The smallest absolute Gasteiger partial charge is 0.191 e. The van der Waals surface area contributed by atoms with E-state index in [0.717, 1.165) is 50.8 Å². The Kier molecular flexibility index (Phi) is 8.85. The van der Waals surface area contributed by atoms with Crippen LogP contribution < -0.4 is 10.6 Å². The van der Waals surface area contributed by atoms with E-state index in [1.54, 1.807) is 13.1 Å². The molecule has 1 saturated heterocycles. The van der Waals surface area contributed by atoms with E-state index < -0.39 is 0 Å². The van der Waals surface area contributed by atoms with Crippen LogP contribution in [0.25, 0.3) is 0 Å². The van der Waals surface area contributed by atoms with Crippen molar-refractivity contribution in [1.29, 1.82) is 0 Å². The molecule has 26 heavy (non-hydrogen) atoms. The fourth-order valence-corrected chi connectivity index (χ4v) is 3.30. The van der Waals surface area contributed by atoms with E-state index in [1.165, 1.54) is 6.07 Å². The molecule has 1 aliphatic rings. The van der Waals surface area contributed by atoms with Gasteiger partial charge in [0, 0.05) is 39.3 Å². The maximum Gasteiger partial charge on any atom is 0.191 e. The molecule has 0 spiro atoms. The van der Waals surface area contributed by atoms with Gasteiger partial charge in [-0.1, -0.05) is 32.0 Å². The number of nitrogens with one attached hydrogen (secondary N) is 2. The van der Waals surface area contributed by atoms with Gasteiger partial charge in [-0.25, -0.2) is 4.39 Å². The summed E-state index contributed by atoms with van der Waals surface area (Å²) in [6.07, 6.45) is 1.77. The van der Waals surface area contributed by atoms with Crippen LogP contribution in [-0.4, -0.2) is 63.3 Å². The number of morpholine rings is 1. The molecule has 146 valence electrons. The first-order valence-corrected chi connectivity index (χ1v) is 9.60. The van der Waals surface area contributed by atoms with Crippen LogP contribution in [0.4, 0.5) is 4.39 Å². The summed E-state index contributed by atoms with van der Waals surface area (Å²) in [5.74, 6) is 1.26. The van der Waals surface area contributed by atoms with E-state index in [-0.39, 0.29) is 5.82 Å². The molecule has 1 aliphatic heterocycles. The molecule has 2 N–H and O–H groups in total. The van der Waals surface area contributed by atoms with Crippen molar-refractivity contribution in [2.45, 2.75) is 32.7 Å². The summed E-state index contributed by atoms with van der Waals surface area (Å²) < 4.78 is 19.2. The molecule has 0 aromatic heterocycles. The van der Waals surface area contributed by atoms with E-state index >= 15 is 0 Å². The van der Waals surface area contributed by atoms with Crippen molar-refractivity contribution in [3.63, 3.8) is 0 Å². The van der Waals surface area contributed by atoms with Crippen LogP contribution in [0.3, 0.4) is 0 Å². The Bertz CT molecular complexity index is 558. The molecule has 1 aromatic carbocycles. The lowest BCUT2D eigenvalue weighted by molar-refractivity contribution is 0.0132. The van der Waals surface area contributed by atoms with Gasteiger partial charge in [0.15, 0.2) is 5.96 Å². The molecule has 2 rings (SSSR count). The number of ether oxygens (including phenoxy) is 1. The molecule has 0 amide bonds. The highest BCUT2D eigenvalue weighted by Crippen LogP contribution is 2.13. The normalized spacial score (nSPS) is 17.3. The minimum Gasteiger partial charge on any atom is -0.379 e. The largest absolute Gasteiger partial charge is 0.379 e. The molecule has 6 heteroatoms. The third kappa shape index (κ3) is 6.92. The van der Waals surface area contributed by atoms with Gasteiger partial charge >= 0.3 is 0 Å². The van der Waals surface area contributed by atoms with E-state index in [0.29, 0.717) is 24.9 Å². The van der Waals surface area contributed by atoms with E-state index in [2.05, 4.69) is 34.4 Å². The molecule has 5 nitrogen and oxygen atoms in total. The molecule has 0 bridgehead atoms. The van der Waals surface area contributed by atoms with E-state index in [9.17, 15) is 4.39 Å². The Morgan fingerprint density at radius 3 is 2.62 bits per heavy atom. The maximum atomic E-state index is 13.7. The van der Waals surface area contributed by atoms with Crippen LogP contribution in [-0.2, 0) is 11.2 Å². The Balaban J connectivity index is 1.80. The summed E-state index contributed by atoms with van der Waals surface area (Å²) in [6, 6.07) is 7.37. The van der Waals surface area contributed by atoms with Crippen LogP contribution in [0.15, 0.2) is 29.3 Å². The van der Waals surface area contributed by atoms with Gasteiger partial charge in [-0.05, 0) is 30.4 Å². The van der Waals surface area contributed by atoms with Gasteiger partial charge in [0.05, 0.1) is 13.2 Å². The lowest BCUT2D eigenvalue weighted by Gasteiger charge is -2.35. The second-order valence-electron chi connectivity index (χ2n) is 7.15. The molecule has 0 radical (unpaired) electrons. The van der Waals surface area contributed by atoms with E-state index in [1.807, 2.05) is 12.1 Å². The van der Waals surface area contributed by atoms with Crippen molar-refractivity contribution in [3.05, 3.63) is 35.6 Å². The number of hydrogen-bond acceptors (Lipinski definition) is 3. The lowest BCUT2D eigenvalue weighted by atomic mass is 10.0. The summed E-state index contributed by atoms with van der Waals surface area (Å²) >= 11 is 0. The number of guanidine groups is 1. The van der Waals surface area contributed by atoms with Gasteiger partial charge < -0.3 is 15.4 Å². The van der Waals surface area contributed by atoms with Gasteiger partial charge in [0.1, 0.15) is 5.82 Å². The first-order chi connectivity index (χ1) is 12.6. The number of hydrogen-bond donors (Lipinski definition) is 2. The average molecular weight is 365 g/mol. The third-order valence-electron chi connectivity index (χ3n) is 4.68. The molecule has 0 aliphatic carbocycles. The number of aliphatic imine (C=N–C) groups is 1. The number of rotatable bonds is 8. The van der Waals surface area contributed by atoms with Gasteiger partial charge in [0.25, 0.3) is 0 Å². The average Bonchev–Trinajstić information content (AvgIpc) is 2.65. The summed E-state index contributed by atoms with van der Waals surface area (Å²) in [6.45, 7) is 9.60. The van der Waals surface area contributed by atoms with Crippen molar-refractivity contribution < 1.29 is 9.13 Å². The van der Waals surface area contributed by atoms with Gasteiger partial charge in [-0.2, -0.15) is 0 Å². The second kappa shape index (κ2) is 11.1. The third-order valence-corrected chi connectivity index (χ3v) is 4.68. The van der Waals surface area contributed by atoms with E-state index in [4.69, 9.17) is 4.74 Å². The fourth-order valence-electron chi connectivity index (χ4n) is 3.30. The lowest BCUT2D eigenvalue weighted by Crippen LogP contribution is -2.51. The maximum absolute atomic E-state index is 13.7. The first kappa shape index (κ1) is 20.6. The first-order valence-electron chi connectivity index (χ1n) is 9.60.